The van der Waals surface area contributed by atoms with Gasteiger partial charge in [-0.3, -0.25) is 9.59 Å². The summed E-state index contributed by atoms with van der Waals surface area (Å²) in [5, 5.41) is 5.33. The molecule has 3 rings (SSSR count). The van der Waals surface area contributed by atoms with Crippen LogP contribution in [0.5, 0.6) is 5.75 Å². The van der Waals surface area contributed by atoms with Crippen molar-refractivity contribution in [3.63, 3.8) is 0 Å². The lowest BCUT2D eigenvalue weighted by atomic mass is 10.2. The Balaban J connectivity index is 1.45. The average molecular weight is 354 g/mol. The fourth-order valence-corrected chi connectivity index (χ4v) is 2.25. The number of hydrogen-bond acceptors (Lipinski definition) is 5. The molecule has 0 saturated carbocycles. The van der Waals surface area contributed by atoms with Crippen LogP contribution >= 0.6 is 0 Å². The van der Waals surface area contributed by atoms with Crippen molar-refractivity contribution >= 4 is 11.8 Å². The van der Waals surface area contributed by atoms with Crippen molar-refractivity contribution in [1.29, 1.82) is 0 Å². The van der Waals surface area contributed by atoms with E-state index in [9.17, 15) is 9.59 Å². The summed E-state index contributed by atoms with van der Waals surface area (Å²) in [7, 11) is 0. The predicted octanol–water partition coefficient (Wildman–Crippen LogP) is 2.61. The van der Waals surface area contributed by atoms with Crippen molar-refractivity contribution < 1.29 is 23.2 Å². The quantitative estimate of drug-likeness (QED) is 0.607. The van der Waals surface area contributed by atoms with Crippen LogP contribution in [-0.4, -0.2) is 24.9 Å². The average Bonchev–Trinajstić information content (AvgIpc) is 3.36. The van der Waals surface area contributed by atoms with Gasteiger partial charge < -0.3 is 24.2 Å². The monoisotopic (exact) mass is 354 g/mol. The maximum atomic E-state index is 12.2. The number of benzene rings is 1. The molecule has 2 N–H and O–H groups in total. The van der Waals surface area contributed by atoms with Gasteiger partial charge in [0.15, 0.2) is 11.5 Å². The number of furan rings is 2. The molecule has 0 spiro atoms. The van der Waals surface area contributed by atoms with E-state index < -0.39 is 0 Å². The molecule has 0 aliphatic carbocycles. The van der Waals surface area contributed by atoms with Crippen LogP contribution in [0.2, 0.25) is 0 Å². The molecule has 26 heavy (non-hydrogen) atoms. The van der Waals surface area contributed by atoms with Crippen LogP contribution in [0.3, 0.4) is 0 Å². The summed E-state index contributed by atoms with van der Waals surface area (Å²) < 4.78 is 15.9. The van der Waals surface area contributed by atoms with Gasteiger partial charge in [-0.15, -0.1) is 0 Å². The predicted molar refractivity (Wildman–Crippen MR) is 92.9 cm³/mol. The third-order valence-electron chi connectivity index (χ3n) is 3.53. The van der Waals surface area contributed by atoms with E-state index in [0.717, 1.165) is 0 Å². The first-order valence-corrected chi connectivity index (χ1v) is 8.08. The minimum atomic E-state index is -0.367. The lowest BCUT2D eigenvalue weighted by Crippen LogP contribution is -2.34. The van der Waals surface area contributed by atoms with Gasteiger partial charge in [-0.05, 0) is 30.3 Å². The van der Waals surface area contributed by atoms with E-state index in [1.54, 1.807) is 18.2 Å². The SMILES string of the molecule is O=C(NCCNC(=O)c1occc1COc1ccccc1)c1ccco1. The van der Waals surface area contributed by atoms with Crippen molar-refractivity contribution in [2.45, 2.75) is 6.61 Å². The summed E-state index contributed by atoms with van der Waals surface area (Å²) >= 11 is 0. The van der Waals surface area contributed by atoms with Gasteiger partial charge in [0.05, 0.1) is 12.5 Å². The second-order valence-electron chi connectivity index (χ2n) is 5.37. The van der Waals surface area contributed by atoms with Gasteiger partial charge in [0.2, 0.25) is 0 Å². The van der Waals surface area contributed by atoms with Crippen molar-refractivity contribution in [2.24, 2.45) is 0 Å². The first-order chi connectivity index (χ1) is 12.7. The van der Waals surface area contributed by atoms with E-state index in [2.05, 4.69) is 10.6 Å². The molecule has 0 aliphatic heterocycles. The second kappa shape index (κ2) is 8.57. The van der Waals surface area contributed by atoms with E-state index in [4.69, 9.17) is 13.6 Å². The molecule has 0 fully saturated rings. The van der Waals surface area contributed by atoms with Gasteiger partial charge >= 0.3 is 0 Å². The number of carbonyl (C=O) groups is 2. The highest BCUT2D eigenvalue weighted by molar-refractivity contribution is 5.93. The molecule has 0 radical (unpaired) electrons. The summed E-state index contributed by atoms with van der Waals surface area (Å²) in [6.07, 6.45) is 2.87. The minimum absolute atomic E-state index is 0.193. The Morgan fingerprint density at radius 2 is 1.62 bits per heavy atom. The van der Waals surface area contributed by atoms with E-state index in [1.165, 1.54) is 12.5 Å². The summed E-state index contributed by atoms with van der Waals surface area (Å²) in [6, 6.07) is 14.2. The molecule has 2 aromatic heterocycles. The summed E-state index contributed by atoms with van der Waals surface area (Å²) in [4.78, 5) is 23.9. The van der Waals surface area contributed by atoms with Crippen molar-refractivity contribution in [2.75, 3.05) is 13.1 Å². The summed E-state index contributed by atoms with van der Waals surface area (Å²) in [5.41, 5.74) is 0.644. The number of carbonyl (C=O) groups excluding carboxylic acids is 2. The van der Waals surface area contributed by atoms with Gasteiger partial charge in [-0.25, -0.2) is 0 Å². The molecule has 0 unspecified atom stereocenters. The summed E-state index contributed by atoms with van der Waals surface area (Å²) in [5.74, 6) is 0.426. The Labute approximate surface area is 149 Å². The molecular formula is C19H18N2O5. The van der Waals surface area contributed by atoms with Gasteiger partial charge in [0, 0.05) is 18.7 Å². The van der Waals surface area contributed by atoms with Crippen LogP contribution < -0.4 is 15.4 Å². The fraction of sp³-hybridized carbons (Fsp3) is 0.158. The van der Waals surface area contributed by atoms with Gasteiger partial charge in [0.25, 0.3) is 11.8 Å². The summed E-state index contributed by atoms with van der Waals surface area (Å²) in [6.45, 7) is 0.741. The molecule has 134 valence electrons. The van der Waals surface area contributed by atoms with Crippen LogP contribution in [-0.2, 0) is 6.61 Å². The van der Waals surface area contributed by atoms with Crippen molar-refractivity contribution in [3.8, 4) is 5.75 Å². The van der Waals surface area contributed by atoms with Crippen LogP contribution in [0.1, 0.15) is 26.7 Å². The number of amides is 2. The molecule has 7 heteroatoms. The molecule has 7 nitrogen and oxygen atoms in total. The second-order valence-corrected chi connectivity index (χ2v) is 5.37. The molecule has 2 heterocycles. The van der Waals surface area contributed by atoms with E-state index in [-0.39, 0.29) is 43.0 Å². The molecule has 0 saturated heterocycles. The lowest BCUT2D eigenvalue weighted by Gasteiger charge is -2.07. The zero-order valence-corrected chi connectivity index (χ0v) is 13.9. The number of nitrogens with one attached hydrogen (secondary N) is 2. The zero-order valence-electron chi connectivity index (χ0n) is 13.9. The number of rotatable bonds is 8. The Kier molecular flexibility index (Phi) is 5.72. The first-order valence-electron chi connectivity index (χ1n) is 8.08. The number of ether oxygens (including phenoxy) is 1. The zero-order chi connectivity index (χ0) is 18.2. The highest BCUT2D eigenvalue weighted by atomic mass is 16.5. The van der Waals surface area contributed by atoms with Gasteiger partial charge in [-0.1, -0.05) is 18.2 Å². The highest BCUT2D eigenvalue weighted by Gasteiger charge is 2.16. The van der Waals surface area contributed by atoms with Gasteiger partial charge in [-0.2, -0.15) is 0 Å². The number of para-hydroxylation sites is 1. The third kappa shape index (κ3) is 4.54. The fourth-order valence-electron chi connectivity index (χ4n) is 2.25. The molecule has 3 aromatic rings. The van der Waals surface area contributed by atoms with Crippen LogP contribution in [0.4, 0.5) is 0 Å². The first kappa shape index (κ1) is 17.3. The Hall–Kier alpha value is -3.48. The molecule has 0 bridgehead atoms. The lowest BCUT2D eigenvalue weighted by molar-refractivity contribution is 0.0898. The Morgan fingerprint density at radius 3 is 2.35 bits per heavy atom. The van der Waals surface area contributed by atoms with Crippen LogP contribution in [0.25, 0.3) is 0 Å². The Morgan fingerprint density at radius 1 is 0.846 bits per heavy atom. The van der Waals surface area contributed by atoms with Crippen molar-refractivity contribution in [3.05, 3.63) is 78.1 Å². The minimum Gasteiger partial charge on any atom is -0.489 e. The van der Waals surface area contributed by atoms with Crippen LogP contribution in [0, 0.1) is 0 Å². The molecule has 2 amide bonds. The highest BCUT2D eigenvalue weighted by Crippen LogP contribution is 2.15. The smallest absolute Gasteiger partial charge is 0.287 e. The maximum Gasteiger partial charge on any atom is 0.287 e. The van der Waals surface area contributed by atoms with Crippen molar-refractivity contribution in [1.82, 2.24) is 10.6 Å². The maximum absolute atomic E-state index is 12.2. The molecule has 1 aromatic carbocycles. The molecule has 0 aliphatic rings. The molecular weight excluding hydrogens is 336 g/mol. The Bertz CT molecular complexity index is 840. The van der Waals surface area contributed by atoms with E-state index in [1.807, 2.05) is 30.3 Å². The van der Waals surface area contributed by atoms with E-state index >= 15 is 0 Å². The van der Waals surface area contributed by atoms with Gasteiger partial charge in [0.1, 0.15) is 12.4 Å². The topological polar surface area (TPSA) is 93.7 Å². The van der Waals surface area contributed by atoms with Crippen LogP contribution in [0.15, 0.2) is 69.9 Å². The number of hydrogen-bond donors (Lipinski definition) is 2. The molecule has 0 atom stereocenters. The normalized spacial score (nSPS) is 10.3. The largest absolute Gasteiger partial charge is 0.489 e. The van der Waals surface area contributed by atoms with E-state index in [0.29, 0.717) is 11.3 Å². The standard InChI is InChI=1S/C19H18N2O5/c22-18(16-7-4-11-24-16)20-9-10-21-19(23)17-14(8-12-25-17)13-26-15-5-2-1-3-6-15/h1-8,11-12H,9-10,13H2,(H,20,22)(H,21,23). The third-order valence-corrected chi connectivity index (χ3v) is 3.53.